The van der Waals surface area contributed by atoms with Gasteiger partial charge in [0.15, 0.2) is 11.5 Å². The lowest BCUT2D eigenvalue weighted by Gasteiger charge is -2.37. The summed E-state index contributed by atoms with van der Waals surface area (Å²) in [5.41, 5.74) is -0.998. The highest BCUT2D eigenvalue weighted by molar-refractivity contribution is 5.89. The van der Waals surface area contributed by atoms with Gasteiger partial charge in [0.25, 0.3) is 5.85 Å². The summed E-state index contributed by atoms with van der Waals surface area (Å²) in [5, 5.41) is 9.58. The van der Waals surface area contributed by atoms with Crippen molar-refractivity contribution in [3.8, 4) is 17.2 Å². The van der Waals surface area contributed by atoms with Gasteiger partial charge in [0.2, 0.25) is 11.6 Å². The summed E-state index contributed by atoms with van der Waals surface area (Å²) in [7, 11) is -0.395. The quantitative estimate of drug-likeness (QED) is 0.0556. The van der Waals surface area contributed by atoms with E-state index < -0.39 is 181 Å². The van der Waals surface area contributed by atoms with Crippen molar-refractivity contribution >= 4 is 5.97 Å². The van der Waals surface area contributed by atoms with E-state index in [0.717, 1.165) is 0 Å². The maximum atomic E-state index is 14.8. The molecule has 0 saturated heterocycles. The van der Waals surface area contributed by atoms with Crippen LogP contribution in [0.1, 0.15) is 24.2 Å². The molecule has 72 heavy (non-hydrogen) atoms. The van der Waals surface area contributed by atoms with Crippen molar-refractivity contribution in [2.45, 2.75) is 92.0 Å². The number of ether oxygens (including phenoxy) is 12. The number of aromatic carboxylic acids is 1. The molecule has 0 bridgehead atoms. The van der Waals surface area contributed by atoms with E-state index in [2.05, 4.69) is 37.9 Å². The first-order valence-electron chi connectivity index (χ1n) is 18.5. The molecule has 0 aliphatic carbocycles. The first-order chi connectivity index (χ1) is 32.1. The molecule has 1 N–H and O–H groups in total. The van der Waals surface area contributed by atoms with E-state index >= 15 is 0 Å². The number of alkyl halides is 24. The highest BCUT2D eigenvalue weighted by Crippen LogP contribution is 2.52. The molecule has 0 heterocycles. The lowest BCUT2D eigenvalue weighted by Crippen LogP contribution is -2.63. The van der Waals surface area contributed by atoms with Crippen molar-refractivity contribution in [1.29, 1.82) is 0 Å². The van der Waals surface area contributed by atoms with E-state index in [1.54, 1.807) is 0 Å². The Labute approximate surface area is 386 Å². The first-order valence-corrected chi connectivity index (χ1v) is 18.5. The minimum Gasteiger partial charge on any atom is -0.487 e. The summed E-state index contributed by atoms with van der Waals surface area (Å²) in [5.74, 6) is -37.6. The fourth-order valence-electron chi connectivity index (χ4n) is 4.52. The van der Waals surface area contributed by atoms with Crippen LogP contribution in [0.15, 0.2) is 12.1 Å². The van der Waals surface area contributed by atoms with Crippen LogP contribution >= 0.6 is 0 Å². The van der Waals surface area contributed by atoms with Crippen LogP contribution in [0.2, 0.25) is 0 Å². The van der Waals surface area contributed by atoms with Crippen LogP contribution in [0.5, 0.6) is 17.2 Å². The average molecular weight is 1120 g/mol. The molecule has 0 spiro atoms. The highest BCUT2D eigenvalue weighted by Gasteiger charge is 2.79. The number of methoxy groups -OCH3 is 3. The van der Waals surface area contributed by atoms with Crippen molar-refractivity contribution < 1.29 is 172 Å². The van der Waals surface area contributed by atoms with Crippen LogP contribution in [0.25, 0.3) is 0 Å². The molecule has 0 fully saturated rings. The van der Waals surface area contributed by atoms with Gasteiger partial charge in [-0.1, -0.05) is 0 Å². The Hall–Kier alpha value is -3.95. The maximum absolute atomic E-state index is 14.8. The van der Waals surface area contributed by atoms with Crippen LogP contribution in [0.4, 0.5) is 105 Å². The van der Waals surface area contributed by atoms with Crippen molar-refractivity contribution in [3.63, 3.8) is 0 Å². The molecule has 424 valence electrons. The lowest BCUT2D eigenvalue weighted by molar-refractivity contribution is -0.503. The Morgan fingerprint density at radius 1 is 0.444 bits per heavy atom. The fourth-order valence-corrected chi connectivity index (χ4v) is 4.52. The predicted molar refractivity (Wildman–Crippen MR) is 180 cm³/mol. The molecule has 0 aliphatic heterocycles. The number of carboxylic acid groups (broad SMARTS) is 1. The fraction of sp³-hybridized carbons (Fsp3) is 0.794. The van der Waals surface area contributed by atoms with Gasteiger partial charge in [0.05, 0.1) is 25.4 Å². The summed E-state index contributed by atoms with van der Waals surface area (Å²) in [6, 6.07) is 0.799. The third-order valence-electron chi connectivity index (χ3n) is 8.36. The molecule has 0 saturated carbocycles. The van der Waals surface area contributed by atoms with E-state index in [1.807, 2.05) is 0 Å². The molecule has 0 aromatic heterocycles. The van der Waals surface area contributed by atoms with Gasteiger partial charge in [0.1, 0.15) is 39.6 Å². The van der Waals surface area contributed by atoms with Crippen LogP contribution < -0.4 is 14.2 Å². The van der Waals surface area contributed by atoms with E-state index in [1.165, 1.54) is 0 Å². The second-order valence-corrected chi connectivity index (χ2v) is 13.9. The number of carbonyl (C=O) groups is 1. The average Bonchev–Trinajstić information content (AvgIpc) is 3.20. The SMILES string of the molecule is COC(C)(F)C(F)(F)OC(C)(F)COCCOc1cc(C(=O)O)cc(OCCOCC(F)(OC(F)(F)C(F)(OC)C(F)(F)F)C(F)(F)F)c1OCCOCC(F)(OC(F)(F)C(F)(OC)C(F)(F)F)C(F)(F)F. The van der Waals surface area contributed by atoms with E-state index in [0.29, 0.717) is 26.2 Å². The molecule has 6 unspecified atom stereocenters. The third kappa shape index (κ3) is 15.8. The van der Waals surface area contributed by atoms with Crippen LogP contribution in [0, 0.1) is 0 Å². The Kier molecular flexibility index (Phi) is 21.4. The van der Waals surface area contributed by atoms with Gasteiger partial charge >= 0.3 is 72.4 Å². The Bertz CT molecular complexity index is 1900. The van der Waals surface area contributed by atoms with Crippen molar-refractivity contribution in [2.24, 2.45) is 0 Å². The minimum atomic E-state index is -6.88. The molecule has 0 radical (unpaired) electrons. The lowest BCUT2D eigenvalue weighted by atomic mass is 10.2. The molecular weight excluding hydrogens is 1090 g/mol. The van der Waals surface area contributed by atoms with E-state index in [-0.39, 0.29) is 6.92 Å². The zero-order valence-electron chi connectivity index (χ0n) is 36.3. The minimum absolute atomic E-state index is 0.141. The summed E-state index contributed by atoms with van der Waals surface area (Å²) in [6.07, 6.45) is -46.0. The zero-order chi connectivity index (χ0) is 56.7. The van der Waals surface area contributed by atoms with Crippen molar-refractivity contribution in [2.75, 3.05) is 80.8 Å². The molecule has 1 aromatic rings. The Morgan fingerprint density at radius 3 is 1.07 bits per heavy atom. The van der Waals surface area contributed by atoms with Crippen LogP contribution in [-0.2, 0) is 42.6 Å². The van der Waals surface area contributed by atoms with Gasteiger partial charge in [-0.2, -0.15) is 96.6 Å². The number of hydrogen-bond acceptors (Lipinski definition) is 13. The second kappa shape index (κ2) is 23.3. The van der Waals surface area contributed by atoms with Crippen molar-refractivity contribution in [1.82, 2.24) is 0 Å². The molecular formula is C34H36F24O14. The number of hydrogen-bond donors (Lipinski definition) is 1. The Balaban J connectivity index is 3.52. The second-order valence-electron chi connectivity index (χ2n) is 13.9. The maximum Gasteiger partial charge on any atom is 0.457 e. The van der Waals surface area contributed by atoms with Gasteiger partial charge in [-0.25, -0.2) is 13.6 Å². The predicted octanol–water partition coefficient (Wildman–Crippen LogP) is 9.62. The number of rotatable bonds is 31. The van der Waals surface area contributed by atoms with Gasteiger partial charge in [-0.05, 0) is 19.1 Å². The smallest absolute Gasteiger partial charge is 0.457 e. The van der Waals surface area contributed by atoms with Crippen molar-refractivity contribution in [3.05, 3.63) is 17.7 Å². The standard InChI is InChI=1S/C34H36F24O14/c1-22(35,70-32(53,54)23(2,36)61-3)14-64-6-9-67-18-12-17(21(59)60)13-19(68-10-7-65-15-24(37,28(41,42)43)71-33(55,56)26(39,62-4)30(47,48)49)20(18)69-11-8-66-16-25(38,29(44,45)46)72-34(57,58)27(40,63-5)31(50,51)52/h12-13H,6-11,14-16H2,1-5H3,(H,59,60). The molecule has 38 heteroatoms. The number of halogens is 24. The van der Waals surface area contributed by atoms with Crippen LogP contribution in [-0.4, -0.2) is 170 Å². The number of carboxylic acids is 1. The van der Waals surface area contributed by atoms with E-state index in [9.17, 15) is 115 Å². The number of benzene rings is 1. The summed E-state index contributed by atoms with van der Waals surface area (Å²) >= 11 is 0. The molecule has 1 rings (SSSR count). The van der Waals surface area contributed by atoms with Gasteiger partial charge in [-0.15, -0.1) is 0 Å². The topological polar surface area (TPSA) is 148 Å². The monoisotopic (exact) mass is 1120 g/mol. The van der Waals surface area contributed by atoms with Gasteiger partial charge in [-0.3, -0.25) is 14.2 Å². The molecule has 0 aliphatic rings. The molecule has 14 nitrogen and oxygen atoms in total. The summed E-state index contributed by atoms with van der Waals surface area (Å²) in [6.45, 7) is -14.7. The molecule has 6 atom stereocenters. The highest BCUT2D eigenvalue weighted by atomic mass is 19.4. The third-order valence-corrected chi connectivity index (χ3v) is 8.36. The molecule has 0 amide bonds. The van der Waals surface area contributed by atoms with Gasteiger partial charge < -0.3 is 47.7 Å². The van der Waals surface area contributed by atoms with E-state index in [4.69, 9.17) is 18.9 Å². The first kappa shape index (κ1) is 66.1. The largest absolute Gasteiger partial charge is 0.487 e. The van der Waals surface area contributed by atoms with Gasteiger partial charge in [0, 0.05) is 28.3 Å². The Morgan fingerprint density at radius 2 is 0.778 bits per heavy atom. The summed E-state index contributed by atoms with van der Waals surface area (Å²) < 4.78 is 376. The van der Waals surface area contributed by atoms with Crippen LogP contribution in [0.3, 0.4) is 0 Å². The normalized spacial score (nSPS) is 18.7. The molecule has 1 aromatic carbocycles. The summed E-state index contributed by atoms with van der Waals surface area (Å²) in [4.78, 5) is 11.9. The zero-order valence-corrected chi connectivity index (χ0v) is 36.3.